The van der Waals surface area contributed by atoms with Crippen LogP contribution in [0, 0.1) is 0 Å². The maximum Gasteiger partial charge on any atom is 0.306 e. The lowest BCUT2D eigenvalue weighted by molar-refractivity contribution is -0.153. The van der Waals surface area contributed by atoms with Crippen molar-refractivity contribution in [3.63, 3.8) is 0 Å². The molecule has 0 saturated carbocycles. The van der Waals surface area contributed by atoms with Crippen LogP contribution in [0.2, 0.25) is 0 Å². The number of amides is 1. The number of esters is 2. The minimum atomic E-state index is -0.644. The van der Waals surface area contributed by atoms with Gasteiger partial charge in [0.1, 0.15) is 13.2 Å². The van der Waals surface area contributed by atoms with Crippen molar-refractivity contribution in [3.8, 4) is 0 Å². The average Bonchev–Trinajstić information content (AvgIpc) is 3.15. The van der Waals surface area contributed by atoms with Gasteiger partial charge in [0, 0.05) is 38.1 Å². The van der Waals surface area contributed by atoms with Gasteiger partial charge in [0.15, 0.2) is 6.10 Å². The zero-order valence-electron chi connectivity index (χ0n) is 36.8. The van der Waals surface area contributed by atoms with Gasteiger partial charge >= 0.3 is 11.9 Å². The van der Waals surface area contributed by atoms with E-state index >= 15 is 0 Å². The molecular weight excluding hydrogens is 691 g/mol. The second kappa shape index (κ2) is 38.7. The lowest BCUT2D eigenvalue weighted by atomic mass is 10.0. The third kappa shape index (κ3) is 34.8. The van der Waals surface area contributed by atoms with E-state index in [0.717, 1.165) is 83.6 Å². The molecule has 55 heavy (non-hydrogen) atoms. The van der Waals surface area contributed by atoms with Gasteiger partial charge < -0.3 is 23.8 Å². The summed E-state index contributed by atoms with van der Waals surface area (Å²) in [7, 11) is 0. The monoisotopic (exact) mass is 778 g/mol. The highest BCUT2D eigenvalue weighted by molar-refractivity contribution is 5.81. The van der Waals surface area contributed by atoms with Crippen LogP contribution in [0.4, 0.5) is 0 Å². The van der Waals surface area contributed by atoms with Crippen LogP contribution in [-0.2, 0) is 33.3 Å². The normalized spacial score (nSPS) is 12.5. The zero-order valence-corrected chi connectivity index (χ0v) is 36.8. The smallest absolute Gasteiger partial charge is 0.306 e. The van der Waals surface area contributed by atoms with Gasteiger partial charge in [-0.2, -0.15) is 0 Å². The number of hydrogen-bond acceptors (Lipinski definition) is 7. The summed E-state index contributed by atoms with van der Waals surface area (Å²) >= 11 is 0. The fourth-order valence-corrected chi connectivity index (χ4v) is 6.34. The first kappa shape index (κ1) is 52.8. The summed E-state index contributed by atoms with van der Waals surface area (Å²) < 4.78 is 23.0. The van der Waals surface area contributed by atoms with Crippen LogP contribution < -0.4 is 0 Å². The largest absolute Gasteiger partial charge is 0.461 e. The summed E-state index contributed by atoms with van der Waals surface area (Å²) in [4.78, 5) is 40.1. The second-order valence-electron chi connectivity index (χ2n) is 16.2. The summed E-state index contributed by atoms with van der Waals surface area (Å²) in [6.45, 7) is 15.6. The van der Waals surface area contributed by atoms with Gasteiger partial charge in [0.05, 0.1) is 6.61 Å². The van der Waals surface area contributed by atoms with Crippen molar-refractivity contribution in [2.45, 2.75) is 220 Å². The van der Waals surface area contributed by atoms with Crippen molar-refractivity contribution < 1.29 is 33.3 Å². The van der Waals surface area contributed by atoms with E-state index in [-0.39, 0.29) is 30.0 Å². The summed E-state index contributed by atoms with van der Waals surface area (Å²) in [6, 6.07) is 0. The van der Waals surface area contributed by atoms with Crippen molar-refractivity contribution in [3.05, 3.63) is 24.3 Å². The van der Waals surface area contributed by atoms with Crippen molar-refractivity contribution in [1.82, 2.24) is 4.90 Å². The molecular formula is C47H87NO7. The number of carbonyl (C=O) groups excluding carboxylic acids is 3. The van der Waals surface area contributed by atoms with Crippen LogP contribution in [0.5, 0.6) is 0 Å². The third-order valence-electron chi connectivity index (χ3n) is 9.83. The topological polar surface area (TPSA) is 91.4 Å². The van der Waals surface area contributed by atoms with Crippen LogP contribution in [-0.4, -0.2) is 74.0 Å². The molecule has 0 N–H and O–H groups in total. The number of hydrogen-bond donors (Lipinski definition) is 0. The van der Waals surface area contributed by atoms with Crippen LogP contribution >= 0.6 is 0 Å². The van der Waals surface area contributed by atoms with Gasteiger partial charge in [0.25, 0.3) is 5.91 Å². The van der Waals surface area contributed by atoms with Crippen LogP contribution in [0.1, 0.15) is 208 Å². The summed E-state index contributed by atoms with van der Waals surface area (Å²) in [5.74, 6) is -0.278. The first-order valence-electron chi connectivity index (χ1n) is 22.8. The van der Waals surface area contributed by atoms with Gasteiger partial charge in [0.2, 0.25) is 0 Å². The lowest BCUT2D eigenvalue weighted by Gasteiger charge is -2.38. The van der Waals surface area contributed by atoms with Gasteiger partial charge in [-0.15, -0.1) is 0 Å². The van der Waals surface area contributed by atoms with Crippen molar-refractivity contribution >= 4 is 17.8 Å². The summed E-state index contributed by atoms with van der Waals surface area (Å²) in [5, 5.41) is 0. The molecule has 0 aromatic heterocycles. The van der Waals surface area contributed by atoms with Crippen molar-refractivity contribution in [2.24, 2.45) is 0 Å². The third-order valence-corrected chi connectivity index (χ3v) is 9.83. The number of nitrogens with zero attached hydrogens (tertiary/aromatic N) is 1. The molecule has 0 aliphatic carbocycles. The number of carbonyl (C=O) groups is 3. The van der Waals surface area contributed by atoms with Crippen LogP contribution in [0.3, 0.4) is 0 Å². The van der Waals surface area contributed by atoms with Gasteiger partial charge in [-0.25, -0.2) is 0 Å². The molecule has 0 aliphatic rings. The molecule has 0 bridgehead atoms. The second-order valence-corrected chi connectivity index (χ2v) is 16.2. The zero-order chi connectivity index (χ0) is 40.7. The highest BCUT2D eigenvalue weighted by atomic mass is 16.5. The minimum Gasteiger partial charge on any atom is -0.461 e. The quantitative estimate of drug-likeness (QED) is 0.0349. The predicted molar refractivity (Wildman–Crippen MR) is 229 cm³/mol. The molecule has 1 unspecified atom stereocenters. The van der Waals surface area contributed by atoms with Gasteiger partial charge in [-0.1, -0.05) is 141 Å². The summed E-state index contributed by atoms with van der Waals surface area (Å²) in [6.07, 6.45) is 34.5. The van der Waals surface area contributed by atoms with E-state index in [1.165, 1.54) is 77.0 Å². The maximum absolute atomic E-state index is 13.9. The molecule has 0 heterocycles. The highest BCUT2D eigenvalue weighted by Crippen LogP contribution is 2.19. The van der Waals surface area contributed by atoms with E-state index < -0.39 is 6.10 Å². The fraction of sp³-hybridized carbons (Fsp3) is 0.851. The Hall–Kier alpha value is -2.19. The molecule has 0 spiro atoms. The molecule has 0 aromatic carbocycles. The van der Waals surface area contributed by atoms with Crippen LogP contribution in [0.25, 0.3) is 0 Å². The number of unbranched alkanes of at least 4 members (excludes halogenated alkanes) is 19. The van der Waals surface area contributed by atoms with E-state index in [9.17, 15) is 14.4 Å². The molecule has 0 aromatic rings. The number of rotatable bonds is 39. The Bertz CT molecular complexity index is 957. The molecule has 0 saturated heterocycles. The molecule has 0 rings (SSSR count). The van der Waals surface area contributed by atoms with E-state index in [1.54, 1.807) is 0 Å². The fourth-order valence-electron chi connectivity index (χ4n) is 6.34. The molecule has 322 valence electrons. The Morgan fingerprint density at radius 2 is 0.964 bits per heavy atom. The molecule has 0 radical (unpaired) electrons. The number of ether oxygens (including phenoxy) is 4. The Balaban J connectivity index is 4.63. The van der Waals surface area contributed by atoms with Crippen molar-refractivity contribution in [2.75, 3.05) is 39.6 Å². The SMILES string of the molecule is CCCCCC/C=C\COC(=O)CCCCCCCOC(COCCCCCC(=O)OC/C=C\CCCCCC)C(=O)N(CCCCCCCC)C(C)(C)C. The molecule has 8 nitrogen and oxygen atoms in total. The lowest BCUT2D eigenvalue weighted by Crippen LogP contribution is -2.52. The molecule has 1 amide bonds. The molecule has 0 aliphatic heterocycles. The van der Waals surface area contributed by atoms with E-state index in [4.69, 9.17) is 18.9 Å². The summed E-state index contributed by atoms with van der Waals surface area (Å²) in [5.41, 5.74) is -0.313. The van der Waals surface area contributed by atoms with E-state index in [1.807, 2.05) is 17.1 Å². The Kier molecular flexibility index (Phi) is 37.1. The van der Waals surface area contributed by atoms with E-state index in [2.05, 4.69) is 53.7 Å². The Morgan fingerprint density at radius 1 is 0.527 bits per heavy atom. The molecule has 1 atom stereocenters. The van der Waals surface area contributed by atoms with Gasteiger partial charge in [-0.3, -0.25) is 14.4 Å². The van der Waals surface area contributed by atoms with E-state index in [0.29, 0.717) is 39.3 Å². The molecule has 8 heteroatoms. The van der Waals surface area contributed by atoms with Crippen molar-refractivity contribution in [1.29, 1.82) is 0 Å². The van der Waals surface area contributed by atoms with Crippen LogP contribution in [0.15, 0.2) is 24.3 Å². The first-order valence-corrected chi connectivity index (χ1v) is 22.8. The highest BCUT2D eigenvalue weighted by Gasteiger charge is 2.32. The Labute approximate surface area is 339 Å². The Morgan fingerprint density at radius 3 is 1.49 bits per heavy atom. The molecule has 0 fully saturated rings. The number of allylic oxidation sites excluding steroid dienone is 2. The minimum absolute atomic E-state index is 0.00339. The standard InChI is InChI=1S/C47H87NO7/c1-7-10-13-16-19-24-33-40-54-44(49)35-28-22-21-26-32-39-53-43(46(51)48(47(4,5)6)37-30-23-18-15-12-9-3)42-52-38-31-27-29-36-45(50)55-41-34-25-20-17-14-11-8-2/h24-25,33-34,43H,7-23,26-32,35-42H2,1-6H3/b33-24-,34-25-. The predicted octanol–water partition coefficient (Wildman–Crippen LogP) is 12.4. The average molecular weight is 778 g/mol. The van der Waals surface area contributed by atoms with Gasteiger partial charge in [-0.05, 0) is 78.6 Å². The first-order chi connectivity index (χ1) is 26.7. The maximum atomic E-state index is 13.9.